The molecule has 0 radical (unpaired) electrons. The van der Waals surface area contributed by atoms with Gasteiger partial charge in [-0.15, -0.1) is 0 Å². The third-order valence-electron chi connectivity index (χ3n) is 3.86. The quantitative estimate of drug-likeness (QED) is 0.931. The molecule has 0 unspecified atom stereocenters. The fraction of sp³-hybridized carbons (Fsp3) is 0.235. The SMILES string of the molecule is CN1C(=O)Cc2cc(CCNC(=O)c3ccncc3)ccc21. The van der Waals surface area contributed by atoms with Gasteiger partial charge < -0.3 is 10.2 Å². The molecule has 5 nitrogen and oxygen atoms in total. The first-order valence-corrected chi connectivity index (χ1v) is 7.22. The number of likely N-dealkylation sites (N-methyl/N-ethyl adjacent to an activating group) is 1. The minimum Gasteiger partial charge on any atom is -0.352 e. The number of amides is 2. The van der Waals surface area contributed by atoms with Crippen LogP contribution in [0.25, 0.3) is 0 Å². The lowest BCUT2D eigenvalue weighted by Gasteiger charge is -2.11. The Hall–Kier alpha value is -2.69. The van der Waals surface area contributed by atoms with Crippen LogP contribution >= 0.6 is 0 Å². The molecule has 1 N–H and O–H groups in total. The van der Waals surface area contributed by atoms with Crippen molar-refractivity contribution in [2.24, 2.45) is 0 Å². The number of nitrogens with zero attached hydrogens (tertiary/aromatic N) is 2. The van der Waals surface area contributed by atoms with E-state index < -0.39 is 0 Å². The zero-order valence-corrected chi connectivity index (χ0v) is 12.4. The molecule has 0 saturated carbocycles. The molecular weight excluding hydrogens is 278 g/mol. The highest BCUT2D eigenvalue weighted by Crippen LogP contribution is 2.28. The summed E-state index contributed by atoms with van der Waals surface area (Å²) in [7, 11) is 1.79. The van der Waals surface area contributed by atoms with Crippen LogP contribution in [0.3, 0.4) is 0 Å². The summed E-state index contributed by atoms with van der Waals surface area (Å²) >= 11 is 0. The van der Waals surface area contributed by atoms with Crippen LogP contribution in [0.5, 0.6) is 0 Å². The maximum absolute atomic E-state index is 11.9. The Labute approximate surface area is 129 Å². The van der Waals surface area contributed by atoms with Gasteiger partial charge in [0.2, 0.25) is 5.91 Å². The third kappa shape index (κ3) is 2.83. The monoisotopic (exact) mass is 295 g/mol. The molecule has 1 aromatic carbocycles. The Morgan fingerprint density at radius 1 is 1.27 bits per heavy atom. The van der Waals surface area contributed by atoms with Gasteiger partial charge in [-0.3, -0.25) is 14.6 Å². The highest BCUT2D eigenvalue weighted by atomic mass is 16.2. The fourth-order valence-electron chi connectivity index (χ4n) is 2.60. The number of hydrogen-bond acceptors (Lipinski definition) is 3. The molecule has 22 heavy (non-hydrogen) atoms. The van der Waals surface area contributed by atoms with E-state index in [2.05, 4.69) is 16.4 Å². The van der Waals surface area contributed by atoms with Crippen LogP contribution in [0.4, 0.5) is 5.69 Å². The lowest BCUT2D eigenvalue weighted by molar-refractivity contribution is -0.117. The number of hydrogen-bond donors (Lipinski definition) is 1. The number of pyridine rings is 1. The second kappa shape index (κ2) is 5.97. The molecule has 2 aromatic rings. The number of anilines is 1. The Kier molecular flexibility index (Phi) is 3.87. The summed E-state index contributed by atoms with van der Waals surface area (Å²) in [6.45, 7) is 0.559. The molecule has 1 aliphatic rings. The number of nitrogens with one attached hydrogen (secondary N) is 1. The Bertz CT molecular complexity index is 713. The van der Waals surface area contributed by atoms with E-state index in [1.807, 2.05) is 12.1 Å². The van der Waals surface area contributed by atoms with E-state index in [9.17, 15) is 9.59 Å². The van der Waals surface area contributed by atoms with Gasteiger partial charge in [0, 0.05) is 37.2 Å². The van der Waals surface area contributed by atoms with Gasteiger partial charge in [-0.1, -0.05) is 12.1 Å². The molecule has 0 fully saturated rings. The van der Waals surface area contributed by atoms with Crippen molar-refractivity contribution in [1.29, 1.82) is 0 Å². The van der Waals surface area contributed by atoms with E-state index in [1.54, 1.807) is 36.5 Å². The molecule has 0 bridgehead atoms. The zero-order chi connectivity index (χ0) is 15.5. The number of fused-ring (bicyclic) bond motifs is 1. The molecule has 0 spiro atoms. The van der Waals surface area contributed by atoms with Crippen LogP contribution in [-0.2, 0) is 17.6 Å². The maximum atomic E-state index is 11.9. The molecule has 112 valence electrons. The van der Waals surface area contributed by atoms with Gasteiger partial charge in [0.25, 0.3) is 5.91 Å². The molecule has 2 amide bonds. The predicted octanol–water partition coefficient (Wildman–Crippen LogP) is 1.57. The van der Waals surface area contributed by atoms with E-state index >= 15 is 0 Å². The van der Waals surface area contributed by atoms with Crippen molar-refractivity contribution in [3.8, 4) is 0 Å². The largest absolute Gasteiger partial charge is 0.352 e. The lowest BCUT2D eigenvalue weighted by atomic mass is 10.1. The van der Waals surface area contributed by atoms with Crippen LogP contribution in [-0.4, -0.2) is 30.4 Å². The van der Waals surface area contributed by atoms with E-state index in [4.69, 9.17) is 0 Å². The summed E-state index contributed by atoms with van der Waals surface area (Å²) in [5.41, 5.74) is 3.77. The van der Waals surface area contributed by atoms with Gasteiger partial charge >= 0.3 is 0 Å². The van der Waals surface area contributed by atoms with Crippen molar-refractivity contribution in [2.45, 2.75) is 12.8 Å². The van der Waals surface area contributed by atoms with Gasteiger partial charge in [0.1, 0.15) is 0 Å². The smallest absolute Gasteiger partial charge is 0.251 e. The highest BCUT2D eigenvalue weighted by molar-refractivity contribution is 6.00. The molecule has 0 aliphatic carbocycles. The second-order valence-corrected chi connectivity index (χ2v) is 5.33. The summed E-state index contributed by atoms with van der Waals surface area (Å²) in [6.07, 6.45) is 4.40. The first-order chi connectivity index (χ1) is 10.6. The average molecular weight is 295 g/mol. The Balaban J connectivity index is 1.58. The van der Waals surface area contributed by atoms with Crippen molar-refractivity contribution < 1.29 is 9.59 Å². The van der Waals surface area contributed by atoms with Crippen LogP contribution in [0, 0.1) is 0 Å². The Morgan fingerprint density at radius 3 is 2.82 bits per heavy atom. The molecular formula is C17H17N3O2. The normalized spacial score (nSPS) is 13.1. The van der Waals surface area contributed by atoms with E-state index in [-0.39, 0.29) is 11.8 Å². The first-order valence-electron chi connectivity index (χ1n) is 7.22. The predicted molar refractivity (Wildman–Crippen MR) is 83.8 cm³/mol. The van der Waals surface area contributed by atoms with Gasteiger partial charge in [0.05, 0.1) is 6.42 Å². The molecule has 2 heterocycles. The number of carbonyl (C=O) groups is 2. The molecule has 5 heteroatoms. The van der Waals surface area contributed by atoms with Crippen LogP contribution < -0.4 is 10.2 Å². The average Bonchev–Trinajstić information content (AvgIpc) is 2.82. The van der Waals surface area contributed by atoms with E-state index in [0.29, 0.717) is 18.5 Å². The third-order valence-corrected chi connectivity index (χ3v) is 3.86. The molecule has 1 aliphatic heterocycles. The van der Waals surface area contributed by atoms with Crippen molar-refractivity contribution in [2.75, 3.05) is 18.5 Å². The summed E-state index contributed by atoms with van der Waals surface area (Å²) in [6, 6.07) is 9.40. The minimum absolute atomic E-state index is 0.0986. The van der Waals surface area contributed by atoms with Crippen LogP contribution in [0.2, 0.25) is 0 Å². The molecule has 1 aromatic heterocycles. The summed E-state index contributed by atoms with van der Waals surface area (Å²) in [4.78, 5) is 29.2. The fourth-order valence-corrected chi connectivity index (χ4v) is 2.60. The minimum atomic E-state index is -0.0986. The number of rotatable bonds is 4. The van der Waals surface area contributed by atoms with Gasteiger partial charge in [-0.05, 0) is 35.7 Å². The maximum Gasteiger partial charge on any atom is 0.251 e. The van der Waals surface area contributed by atoms with Crippen LogP contribution in [0.1, 0.15) is 21.5 Å². The molecule has 0 atom stereocenters. The van der Waals surface area contributed by atoms with Crippen molar-refractivity contribution in [3.63, 3.8) is 0 Å². The standard InChI is InChI=1S/C17H17N3O2/c1-20-15-3-2-12(10-14(15)11-16(20)21)4-9-19-17(22)13-5-7-18-8-6-13/h2-3,5-8,10H,4,9,11H2,1H3,(H,19,22). The summed E-state index contributed by atoms with van der Waals surface area (Å²) in [5, 5.41) is 2.89. The number of carbonyl (C=O) groups excluding carboxylic acids is 2. The van der Waals surface area contributed by atoms with E-state index in [0.717, 1.165) is 23.2 Å². The van der Waals surface area contributed by atoms with Crippen molar-refractivity contribution in [3.05, 3.63) is 59.4 Å². The summed E-state index contributed by atoms with van der Waals surface area (Å²) < 4.78 is 0. The first kappa shape index (κ1) is 14.3. The van der Waals surface area contributed by atoms with Gasteiger partial charge in [-0.2, -0.15) is 0 Å². The molecule has 3 rings (SSSR count). The topological polar surface area (TPSA) is 62.3 Å². The van der Waals surface area contributed by atoms with Gasteiger partial charge in [-0.25, -0.2) is 0 Å². The lowest BCUT2D eigenvalue weighted by Crippen LogP contribution is -2.25. The number of aromatic nitrogens is 1. The summed E-state index contributed by atoms with van der Waals surface area (Å²) in [5.74, 6) is 0.0246. The van der Waals surface area contributed by atoms with Gasteiger partial charge in [0.15, 0.2) is 0 Å². The van der Waals surface area contributed by atoms with E-state index in [1.165, 1.54) is 0 Å². The van der Waals surface area contributed by atoms with Crippen molar-refractivity contribution in [1.82, 2.24) is 10.3 Å². The van der Waals surface area contributed by atoms with Crippen molar-refractivity contribution >= 4 is 17.5 Å². The molecule has 0 saturated heterocycles. The highest BCUT2D eigenvalue weighted by Gasteiger charge is 2.23. The Morgan fingerprint density at radius 2 is 2.05 bits per heavy atom. The second-order valence-electron chi connectivity index (χ2n) is 5.33. The van der Waals surface area contributed by atoms with Crippen LogP contribution in [0.15, 0.2) is 42.7 Å². The zero-order valence-electron chi connectivity index (χ0n) is 12.4. The number of benzene rings is 1.